The molecule has 1 rings (SSSR count). The van der Waals surface area contributed by atoms with Crippen molar-refractivity contribution in [2.45, 2.75) is 6.18 Å². The lowest BCUT2D eigenvalue weighted by molar-refractivity contribution is -0.124. The Morgan fingerprint density at radius 3 is 2.32 bits per heavy atom. The molecule has 0 aliphatic heterocycles. The first-order valence-electron chi connectivity index (χ1n) is 5.27. The van der Waals surface area contributed by atoms with E-state index in [1.54, 1.807) is 12.1 Å². The molecule has 0 aliphatic rings. The Morgan fingerprint density at radius 1 is 1.16 bits per heavy atom. The topological polar surface area (TPSA) is 30.5 Å². The summed E-state index contributed by atoms with van der Waals surface area (Å²) in [6.07, 6.45) is -4.20. The molecular formula is C11H12Br2F3NO2. The van der Waals surface area contributed by atoms with Gasteiger partial charge in [0.05, 0.1) is 22.6 Å². The van der Waals surface area contributed by atoms with E-state index < -0.39 is 12.7 Å². The molecule has 3 nitrogen and oxygen atoms in total. The molecule has 0 amide bonds. The molecule has 8 heteroatoms. The summed E-state index contributed by atoms with van der Waals surface area (Å²) in [7, 11) is 1.54. The van der Waals surface area contributed by atoms with Gasteiger partial charge < -0.3 is 14.8 Å². The van der Waals surface area contributed by atoms with Crippen LogP contribution in [-0.2, 0) is 0 Å². The van der Waals surface area contributed by atoms with Crippen molar-refractivity contribution >= 4 is 31.9 Å². The molecule has 1 aromatic carbocycles. The standard InChI is InChI=1S/C11H12Br2F3NO2/c1-18-9-4-8(13)10(5-7(9)12)19-3-2-17-6-11(14,15)16/h4-5,17H,2-3,6H2,1H3. The predicted molar refractivity (Wildman–Crippen MR) is 72.8 cm³/mol. The lowest BCUT2D eigenvalue weighted by atomic mass is 10.3. The third kappa shape index (κ3) is 6.01. The van der Waals surface area contributed by atoms with Crippen molar-refractivity contribution in [2.24, 2.45) is 0 Å². The first-order valence-corrected chi connectivity index (χ1v) is 6.85. The summed E-state index contributed by atoms with van der Waals surface area (Å²) in [5, 5.41) is 2.25. The van der Waals surface area contributed by atoms with Crippen LogP contribution in [0.15, 0.2) is 21.1 Å². The number of benzene rings is 1. The predicted octanol–water partition coefficient (Wildman–Crippen LogP) is 3.75. The highest BCUT2D eigenvalue weighted by Gasteiger charge is 2.25. The number of halogens is 5. The van der Waals surface area contributed by atoms with E-state index in [1.165, 1.54) is 7.11 Å². The first-order chi connectivity index (χ1) is 8.83. The molecule has 0 saturated heterocycles. The Balaban J connectivity index is 2.44. The van der Waals surface area contributed by atoms with Crippen molar-refractivity contribution < 1.29 is 22.6 Å². The average molecular weight is 407 g/mol. The van der Waals surface area contributed by atoms with Crippen molar-refractivity contribution in [3.63, 3.8) is 0 Å². The van der Waals surface area contributed by atoms with Gasteiger partial charge in [0.15, 0.2) is 0 Å². The zero-order chi connectivity index (χ0) is 14.5. The molecule has 0 aliphatic carbocycles. The van der Waals surface area contributed by atoms with E-state index in [2.05, 4.69) is 37.2 Å². The molecule has 0 unspecified atom stereocenters. The quantitative estimate of drug-likeness (QED) is 0.730. The van der Waals surface area contributed by atoms with E-state index in [0.29, 0.717) is 20.4 Å². The van der Waals surface area contributed by atoms with Crippen LogP contribution in [0.1, 0.15) is 0 Å². The summed E-state index contributed by atoms with van der Waals surface area (Å²) < 4.78 is 47.5. The summed E-state index contributed by atoms with van der Waals surface area (Å²) in [5.41, 5.74) is 0. The minimum atomic E-state index is -4.20. The van der Waals surface area contributed by atoms with E-state index in [4.69, 9.17) is 9.47 Å². The van der Waals surface area contributed by atoms with Crippen LogP contribution in [0.4, 0.5) is 13.2 Å². The van der Waals surface area contributed by atoms with E-state index in [9.17, 15) is 13.2 Å². The normalized spacial score (nSPS) is 11.5. The van der Waals surface area contributed by atoms with Crippen molar-refractivity contribution in [3.8, 4) is 11.5 Å². The second kappa shape index (κ2) is 7.35. The van der Waals surface area contributed by atoms with Gasteiger partial charge in [-0.1, -0.05) is 0 Å². The number of hydrogen-bond donors (Lipinski definition) is 1. The number of methoxy groups -OCH3 is 1. The Bertz CT molecular complexity index is 427. The van der Waals surface area contributed by atoms with E-state index in [0.717, 1.165) is 0 Å². The molecular weight excluding hydrogens is 395 g/mol. The number of alkyl halides is 3. The highest BCUT2D eigenvalue weighted by atomic mass is 79.9. The fraction of sp³-hybridized carbons (Fsp3) is 0.455. The van der Waals surface area contributed by atoms with Crippen LogP contribution in [-0.4, -0.2) is 33.0 Å². The van der Waals surface area contributed by atoms with Crippen molar-refractivity contribution in [1.29, 1.82) is 0 Å². The van der Waals surface area contributed by atoms with Gasteiger partial charge in [-0.2, -0.15) is 13.2 Å². The second-order valence-electron chi connectivity index (χ2n) is 3.56. The van der Waals surface area contributed by atoms with Gasteiger partial charge in [-0.25, -0.2) is 0 Å². The number of nitrogens with one attached hydrogen (secondary N) is 1. The number of hydrogen-bond acceptors (Lipinski definition) is 3. The molecule has 0 aromatic heterocycles. The monoisotopic (exact) mass is 405 g/mol. The highest BCUT2D eigenvalue weighted by Crippen LogP contribution is 2.35. The Labute approximate surface area is 125 Å². The van der Waals surface area contributed by atoms with Crippen molar-refractivity contribution in [2.75, 3.05) is 26.8 Å². The number of rotatable bonds is 6. The van der Waals surface area contributed by atoms with Gasteiger partial charge in [0.1, 0.15) is 18.1 Å². The minimum Gasteiger partial charge on any atom is -0.496 e. The average Bonchev–Trinajstić information content (AvgIpc) is 2.31. The van der Waals surface area contributed by atoms with Crippen LogP contribution in [0.25, 0.3) is 0 Å². The molecule has 0 atom stereocenters. The third-order valence-corrected chi connectivity index (χ3v) is 3.31. The van der Waals surface area contributed by atoms with E-state index >= 15 is 0 Å². The Hall–Kier alpha value is -0.470. The maximum absolute atomic E-state index is 11.9. The van der Waals surface area contributed by atoms with Gasteiger partial charge in [-0.15, -0.1) is 0 Å². The summed E-state index contributed by atoms with van der Waals surface area (Å²) in [6.45, 7) is -0.785. The Morgan fingerprint density at radius 2 is 1.74 bits per heavy atom. The van der Waals surface area contributed by atoms with Crippen LogP contribution in [0.3, 0.4) is 0 Å². The van der Waals surface area contributed by atoms with Crippen LogP contribution in [0, 0.1) is 0 Å². The van der Waals surface area contributed by atoms with Crippen LogP contribution < -0.4 is 14.8 Å². The third-order valence-electron chi connectivity index (χ3n) is 2.07. The highest BCUT2D eigenvalue weighted by molar-refractivity contribution is 9.11. The molecule has 108 valence electrons. The molecule has 1 N–H and O–H groups in total. The zero-order valence-electron chi connectivity index (χ0n) is 9.98. The largest absolute Gasteiger partial charge is 0.496 e. The second-order valence-corrected chi connectivity index (χ2v) is 5.27. The molecule has 0 fully saturated rings. The van der Waals surface area contributed by atoms with Gasteiger partial charge in [0.25, 0.3) is 0 Å². The fourth-order valence-electron chi connectivity index (χ4n) is 1.24. The SMILES string of the molecule is COc1cc(Br)c(OCCNCC(F)(F)F)cc1Br. The summed E-state index contributed by atoms with van der Waals surface area (Å²) in [5.74, 6) is 1.16. The molecule has 0 saturated carbocycles. The fourth-order valence-corrected chi connectivity index (χ4v) is 2.16. The van der Waals surface area contributed by atoms with Crippen molar-refractivity contribution in [3.05, 3.63) is 21.1 Å². The zero-order valence-corrected chi connectivity index (χ0v) is 13.2. The van der Waals surface area contributed by atoms with Gasteiger partial charge in [0, 0.05) is 6.54 Å². The van der Waals surface area contributed by atoms with E-state index in [1.807, 2.05) is 0 Å². The summed E-state index contributed by atoms with van der Waals surface area (Å²) in [4.78, 5) is 0. The van der Waals surface area contributed by atoms with Gasteiger partial charge in [-0.05, 0) is 44.0 Å². The Kier molecular flexibility index (Phi) is 6.41. The summed E-state index contributed by atoms with van der Waals surface area (Å²) in [6, 6.07) is 3.40. The maximum atomic E-state index is 11.9. The molecule has 0 bridgehead atoms. The molecule has 0 heterocycles. The lowest BCUT2D eigenvalue weighted by Gasteiger charge is -2.12. The van der Waals surface area contributed by atoms with Crippen LogP contribution in [0.2, 0.25) is 0 Å². The van der Waals surface area contributed by atoms with Gasteiger partial charge in [0.2, 0.25) is 0 Å². The number of ether oxygens (including phenoxy) is 2. The first kappa shape index (κ1) is 16.6. The van der Waals surface area contributed by atoms with Crippen LogP contribution in [0.5, 0.6) is 11.5 Å². The smallest absolute Gasteiger partial charge is 0.401 e. The molecule has 0 spiro atoms. The van der Waals surface area contributed by atoms with E-state index in [-0.39, 0.29) is 13.2 Å². The maximum Gasteiger partial charge on any atom is 0.401 e. The molecule has 1 aromatic rings. The molecule has 19 heavy (non-hydrogen) atoms. The lowest BCUT2D eigenvalue weighted by Crippen LogP contribution is -2.31. The summed E-state index contributed by atoms with van der Waals surface area (Å²) >= 11 is 6.60. The van der Waals surface area contributed by atoms with Gasteiger partial charge >= 0.3 is 6.18 Å². The van der Waals surface area contributed by atoms with Gasteiger partial charge in [-0.3, -0.25) is 0 Å². The van der Waals surface area contributed by atoms with Crippen LogP contribution >= 0.6 is 31.9 Å². The minimum absolute atomic E-state index is 0.107. The van der Waals surface area contributed by atoms with Crippen molar-refractivity contribution in [1.82, 2.24) is 5.32 Å². The molecule has 0 radical (unpaired) electrons.